The second kappa shape index (κ2) is 4.27. The van der Waals surface area contributed by atoms with Crippen molar-refractivity contribution in [2.75, 3.05) is 6.54 Å². The van der Waals surface area contributed by atoms with E-state index in [0.717, 1.165) is 5.57 Å². The number of ketones is 1. The maximum absolute atomic E-state index is 10.8. The average Bonchev–Trinajstić information content (AvgIpc) is 1.87. The van der Waals surface area contributed by atoms with Crippen LogP contribution in [0.5, 0.6) is 0 Å². The van der Waals surface area contributed by atoms with Crippen LogP contribution in [0.1, 0.15) is 20.3 Å². The number of carbonyl (C=O) groups excluding carboxylic acids is 1. The van der Waals surface area contributed by atoms with E-state index in [1.54, 1.807) is 13.0 Å². The molecule has 0 aliphatic carbocycles. The van der Waals surface area contributed by atoms with Crippen LogP contribution in [-0.2, 0) is 4.79 Å². The Labute approximate surface area is 55.7 Å². The molecule has 0 atom stereocenters. The molecule has 0 aliphatic rings. The van der Waals surface area contributed by atoms with Crippen molar-refractivity contribution in [3.8, 4) is 0 Å². The van der Waals surface area contributed by atoms with Gasteiger partial charge in [-0.15, -0.1) is 0 Å². The van der Waals surface area contributed by atoms with Crippen molar-refractivity contribution < 1.29 is 4.79 Å². The molecule has 0 unspecified atom stereocenters. The van der Waals surface area contributed by atoms with E-state index in [-0.39, 0.29) is 5.78 Å². The predicted octanol–water partition coefficient (Wildman–Crippen LogP) is 0.871. The second-order valence-electron chi connectivity index (χ2n) is 1.93. The monoisotopic (exact) mass is 127 g/mol. The van der Waals surface area contributed by atoms with Gasteiger partial charge in [0, 0.05) is 6.42 Å². The molecule has 0 saturated heterocycles. The van der Waals surface area contributed by atoms with E-state index in [1.165, 1.54) is 0 Å². The molecule has 0 heterocycles. The van der Waals surface area contributed by atoms with E-state index in [4.69, 9.17) is 5.73 Å². The Kier molecular flexibility index (Phi) is 3.97. The number of hydrogen-bond donors (Lipinski definition) is 1. The predicted molar refractivity (Wildman–Crippen MR) is 38.1 cm³/mol. The van der Waals surface area contributed by atoms with Gasteiger partial charge in [-0.1, -0.05) is 6.08 Å². The maximum Gasteiger partial charge on any atom is 0.159 e. The lowest BCUT2D eigenvalue weighted by atomic mass is 10.1. The fourth-order valence-corrected chi connectivity index (χ4v) is 0.489. The fraction of sp³-hybridized carbons (Fsp3) is 0.571. The molecule has 0 aromatic carbocycles. The minimum Gasteiger partial charge on any atom is -0.330 e. The van der Waals surface area contributed by atoms with Crippen LogP contribution in [0.25, 0.3) is 0 Å². The van der Waals surface area contributed by atoms with Crippen LogP contribution >= 0.6 is 0 Å². The van der Waals surface area contributed by atoms with E-state index >= 15 is 0 Å². The summed E-state index contributed by atoms with van der Waals surface area (Å²) in [7, 11) is 0. The summed E-state index contributed by atoms with van der Waals surface area (Å²) in [6, 6.07) is 0. The number of rotatable bonds is 3. The molecule has 0 fully saturated rings. The van der Waals surface area contributed by atoms with Gasteiger partial charge in [-0.25, -0.2) is 0 Å². The van der Waals surface area contributed by atoms with Crippen LogP contribution in [0.2, 0.25) is 0 Å². The van der Waals surface area contributed by atoms with Gasteiger partial charge >= 0.3 is 0 Å². The Bertz CT molecular complexity index is 127. The van der Waals surface area contributed by atoms with E-state index in [9.17, 15) is 4.79 Å². The number of Topliss-reactive ketones (excluding diaryl/α,β-unsaturated/α-hetero) is 1. The molecule has 2 nitrogen and oxygen atoms in total. The number of hydrogen-bond acceptors (Lipinski definition) is 2. The van der Waals surface area contributed by atoms with Crippen LogP contribution < -0.4 is 5.73 Å². The molecule has 0 aromatic rings. The highest BCUT2D eigenvalue weighted by molar-refractivity contribution is 5.94. The van der Waals surface area contributed by atoms with E-state index in [2.05, 4.69) is 0 Å². The lowest BCUT2D eigenvalue weighted by molar-refractivity contribution is -0.115. The van der Waals surface area contributed by atoms with Gasteiger partial charge in [0.25, 0.3) is 0 Å². The first-order chi connectivity index (χ1) is 4.22. The van der Waals surface area contributed by atoms with Crippen molar-refractivity contribution in [2.24, 2.45) is 5.73 Å². The van der Waals surface area contributed by atoms with Gasteiger partial charge in [-0.05, 0) is 26.0 Å². The summed E-state index contributed by atoms with van der Waals surface area (Å²) in [5.74, 6) is 0.153. The topological polar surface area (TPSA) is 43.1 Å². The highest BCUT2D eigenvalue weighted by Gasteiger charge is 1.99. The molecule has 9 heavy (non-hydrogen) atoms. The van der Waals surface area contributed by atoms with Crippen molar-refractivity contribution >= 4 is 5.78 Å². The fourth-order valence-electron chi connectivity index (χ4n) is 0.489. The summed E-state index contributed by atoms with van der Waals surface area (Å²) < 4.78 is 0. The lowest BCUT2D eigenvalue weighted by Crippen LogP contribution is -2.08. The van der Waals surface area contributed by atoms with Crippen molar-refractivity contribution in [3.05, 3.63) is 11.6 Å². The zero-order chi connectivity index (χ0) is 7.28. The van der Waals surface area contributed by atoms with Crippen molar-refractivity contribution in [2.45, 2.75) is 20.3 Å². The van der Waals surface area contributed by atoms with Crippen LogP contribution in [0, 0.1) is 0 Å². The first-order valence-electron chi connectivity index (χ1n) is 3.08. The molecular formula is C7H13NO. The molecule has 0 radical (unpaired) electrons. The minimum absolute atomic E-state index is 0.153. The van der Waals surface area contributed by atoms with Crippen LogP contribution in [0.3, 0.4) is 0 Å². The largest absolute Gasteiger partial charge is 0.330 e. The van der Waals surface area contributed by atoms with Crippen molar-refractivity contribution in [1.29, 1.82) is 0 Å². The molecule has 0 spiro atoms. The van der Waals surface area contributed by atoms with Gasteiger partial charge in [0.05, 0.1) is 0 Å². The molecule has 0 amide bonds. The quantitative estimate of drug-likeness (QED) is 0.572. The first kappa shape index (κ1) is 8.37. The zero-order valence-electron chi connectivity index (χ0n) is 5.98. The third-order valence-electron chi connectivity index (χ3n) is 1.24. The Balaban J connectivity index is 3.74. The van der Waals surface area contributed by atoms with E-state index < -0.39 is 0 Å². The Morgan fingerprint density at radius 2 is 2.22 bits per heavy atom. The molecule has 0 bridgehead atoms. The Hall–Kier alpha value is -0.630. The average molecular weight is 127 g/mol. The van der Waals surface area contributed by atoms with E-state index in [1.807, 2.05) is 6.92 Å². The second-order valence-corrected chi connectivity index (χ2v) is 1.93. The van der Waals surface area contributed by atoms with Crippen LogP contribution in [0.4, 0.5) is 0 Å². The summed E-state index contributed by atoms with van der Waals surface area (Å²) in [5, 5.41) is 0. The zero-order valence-corrected chi connectivity index (χ0v) is 5.98. The summed E-state index contributed by atoms with van der Waals surface area (Å²) in [4.78, 5) is 10.8. The molecule has 0 saturated carbocycles. The van der Waals surface area contributed by atoms with Gasteiger partial charge in [-0.3, -0.25) is 4.79 Å². The van der Waals surface area contributed by atoms with Gasteiger partial charge in [-0.2, -0.15) is 0 Å². The smallest absolute Gasteiger partial charge is 0.159 e. The summed E-state index contributed by atoms with van der Waals surface area (Å²) >= 11 is 0. The highest BCUT2D eigenvalue weighted by atomic mass is 16.1. The molecule has 2 heteroatoms. The molecule has 52 valence electrons. The number of allylic oxidation sites excluding steroid dienone is 2. The Morgan fingerprint density at radius 3 is 2.56 bits per heavy atom. The molecule has 0 aromatic heterocycles. The standard InChI is InChI=1S/C7H13NO/c1-3-6(2)7(9)4-5-8/h3H,4-5,8H2,1-2H3. The summed E-state index contributed by atoms with van der Waals surface area (Å²) in [6.07, 6.45) is 2.27. The Morgan fingerprint density at radius 1 is 1.67 bits per heavy atom. The number of carbonyl (C=O) groups is 1. The summed E-state index contributed by atoms with van der Waals surface area (Å²) in [5.41, 5.74) is 5.98. The maximum atomic E-state index is 10.8. The summed E-state index contributed by atoms with van der Waals surface area (Å²) in [6.45, 7) is 4.10. The SMILES string of the molecule is CC=C(C)C(=O)CCN. The van der Waals surface area contributed by atoms with Gasteiger partial charge < -0.3 is 5.73 Å². The molecule has 0 rings (SSSR count). The number of nitrogens with two attached hydrogens (primary N) is 1. The minimum atomic E-state index is 0.153. The molecule has 0 aliphatic heterocycles. The van der Waals surface area contributed by atoms with Crippen molar-refractivity contribution in [3.63, 3.8) is 0 Å². The highest BCUT2D eigenvalue weighted by Crippen LogP contribution is 1.95. The lowest BCUT2D eigenvalue weighted by Gasteiger charge is -1.94. The third kappa shape index (κ3) is 3.03. The van der Waals surface area contributed by atoms with Gasteiger partial charge in [0.1, 0.15) is 0 Å². The normalized spacial score (nSPS) is 11.7. The van der Waals surface area contributed by atoms with Crippen LogP contribution in [-0.4, -0.2) is 12.3 Å². The van der Waals surface area contributed by atoms with Crippen molar-refractivity contribution in [1.82, 2.24) is 0 Å². The third-order valence-corrected chi connectivity index (χ3v) is 1.24. The molecule has 2 N–H and O–H groups in total. The van der Waals surface area contributed by atoms with E-state index in [0.29, 0.717) is 13.0 Å². The molecular weight excluding hydrogens is 114 g/mol. The van der Waals surface area contributed by atoms with Crippen LogP contribution in [0.15, 0.2) is 11.6 Å². The first-order valence-corrected chi connectivity index (χ1v) is 3.08. The van der Waals surface area contributed by atoms with Gasteiger partial charge in [0.2, 0.25) is 0 Å². The van der Waals surface area contributed by atoms with Gasteiger partial charge in [0.15, 0.2) is 5.78 Å².